The first-order valence-corrected chi connectivity index (χ1v) is 8.15. The lowest BCUT2D eigenvalue weighted by molar-refractivity contribution is -0.120. The lowest BCUT2D eigenvalue weighted by atomic mass is 10.1. The summed E-state index contributed by atoms with van der Waals surface area (Å²) in [4.78, 5) is 18.3. The molecule has 2 aromatic heterocycles. The molecule has 1 aliphatic heterocycles. The molecule has 0 saturated carbocycles. The predicted octanol–water partition coefficient (Wildman–Crippen LogP) is 3.10. The first kappa shape index (κ1) is 16.0. The minimum Gasteiger partial charge on any atom is -0.482 e. The number of aromatic nitrogens is 4. The topological polar surface area (TPSA) is 84.0 Å². The number of amides is 1. The first-order valence-electron chi connectivity index (χ1n) is 8.15. The summed E-state index contributed by atoms with van der Waals surface area (Å²) in [5.41, 5.74) is 5.13. The average Bonchev–Trinajstić information content (AvgIpc) is 3.10. The molecule has 0 unspecified atom stereocenters. The molecule has 26 heavy (non-hydrogen) atoms. The van der Waals surface area contributed by atoms with Gasteiger partial charge < -0.3 is 4.74 Å². The van der Waals surface area contributed by atoms with Crippen molar-refractivity contribution >= 4 is 11.6 Å². The van der Waals surface area contributed by atoms with Crippen LogP contribution in [0.3, 0.4) is 0 Å². The van der Waals surface area contributed by atoms with E-state index >= 15 is 0 Å². The van der Waals surface area contributed by atoms with Crippen molar-refractivity contribution in [3.05, 3.63) is 54.4 Å². The van der Waals surface area contributed by atoms with E-state index in [0.29, 0.717) is 22.8 Å². The molecule has 0 spiro atoms. The lowest BCUT2D eigenvalue weighted by Crippen LogP contribution is -2.37. The zero-order valence-electron chi connectivity index (χ0n) is 14.5. The van der Waals surface area contributed by atoms with Crippen LogP contribution in [0.15, 0.2) is 48.7 Å². The lowest BCUT2D eigenvalue weighted by Gasteiger charge is -2.29. The Bertz CT molecular complexity index is 1020. The summed E-state index contributed by atoms with van der Waals surface area (Å²) in [5.74, 6) is 0.484. The number of anilines is 1. The van der Waals surface area contributed by atoms with Crippen LogP contribution in [0.2, 0.25) is 0 Å². The van der Waals surface area contributed by atoms with Gasteiger partial charge in [0.05, 0.1) is 11.4 Å². The number of H-pyrrole nitrogens is 1. The van der Waals surface area contributed by atoms with E-state index in [4.69, 9.17) is 4.74 Å². The van der Waals surface area contributed by atoms with Gasteiger partial charge in [0.15, 0.2) is 6.61 Å². The molecule has 1 N–H and O–H groups in total. The van der Waals surface area contributed by atoms with Gasteiger partial charge in [-0.05, 0) is 44.2 Å². The number of aromatic amines is 1. The monoisotopic (exact) mass is 347 g/mol. The smallest absolute Gasteiger partial charge is 0.269 e. The predicted molar refractivity (Wildman–Crippen MR) is 97.6 cm³/mol. The van der Waals surface area contributed by atoms with Crippen molar-refractivity contribution in [3.8, 4) is 28.4 Å². The number of carbonyl (C=O) groups is 1. The third-order valence-electron chi connectivity index (χ3n) is 4.15. The van der Waals surface area contributed by atoms with Crippen molar-refractivity contribution in [3.63, 3.8) is 0 Å². The summed E-state index contributed by atoms with van der Waals surface area (Å²) < 4.78 is 5.53. The molecule has 0 fully saturated rings. The maximum Gasteiger partial charge on any atom is 0.269 e. The number of ether oxygens (including phenoxy) is 1. The maximum absolute atomic E-state index is 12.2. The number of rotatable bonds is 3. The molecule has 7 heteroatoms. The summed E-state index contributed by atoms with van der Waals surface area (Å²) in [6.07, 6.45) is 0. The number of fused-ring (bicyclic) bond motifs is 1. The van der Waals surface area contributed by atoms with Crippen molar-refractivity contribution in [1.29, 1.82) is 0 Å². The van der Waals surface area contributed by atoms with E-state index in [9.17, 15) is 4.79 Å². The Labute approximate surface area is 150 Å². The van der Waals surface area contributed by atoms with Crippen molar-refractivity contribution in [2.75, 3.05) is 11.5 Å². The van der Waals surface area contributed by atoms with Crippen LogP contribution >= 0.6 is 0 Å². The highest BCUT2D eigenvalue weighted by atomic mass is 16.5. The fraction of sp³-hybridized carbons (Fsp3) is 0.158. The van der Waals surface area contributed by atoms with E-state index in [1.54, 1.807) is 11.8 Å². The molecule has 3 heterocycles. The van der Waals surface area contributed by atoms with E-state index in [2.05, 4.69) is 27.0 Å². The molecular formula is C19H17N5O2. The molecule has 0 saturated heterocycles. The largest absolute Gasteiger partial charge is 0.482 e. The van der Waals surface area contributed by atoms with E-state index in [-0.39, 0.29) is 12.5 Å². The molecule has 0 bridgehead atoms. The summed E-state index contributed by atoms with van der Waals surface area (Å²) in [5, 5.41) is 11.1. The quantitative estimate of drug-likeness (QED) is 0.787. The van der Waals surface area contributed by atoms with Gasteiger partial charge >= 0.3 is 0 Å². The van der Waals surface area contributed by atoms with Gasteiger partial charge in [0, 0.05) is 17.0 Å². The number of aryl methyl sites for hydroxylation is 1. The van der Waals surface area contributed by atoms with Gasteiger partial charge in [-0.2, -0.15) is 0 Å². The third-order valence-corrected chi connectivity index (χ3v) is 4.15. The number of nitrogens with one attached hydrogen (secondary N) is 1. The average molecular weight is 347 g/mol. The molecule has 1 aliphatic rings. The minimum atomic E-state index is -0.150. The highest BCUT2D eigenvalue weighted by molar-refractivity contribution is 6.01. The summed E-state index contributed by atoms with van der Waals surface area (Å²) in [6, 6.07) is 11.3. The van der Waals surface area contributed by atoms with Crippen molar-refractivity contribution in [1.82, 2.24) is 20.4 Å². The number of allylic oxidation sites excluding steroid dienone is 1. The van der Waals surface area contributed by atoms with Gasteiger partial charge in [-0.3, -0.25) is 19.8 Å². The summed E-state index contributed by atoms with van der Waals surface area (Å²) >= 11 is 0. The maximum atomic E-state index is 12.2. The fourth-order valence-corrected chi connectivity index (χ4v) is 3.01. The summed E-state index contributed by atoms with van der Waals surface area (Å²) in [7, 11) is 0. The number of hydrogen-bond donors (Lipinski definition) is 1. The van der Waals surface area contributed by atoms with Crippen molar-refractivity contribution in [2.24, 2.45) is 0 Å². The molecule has 0 aliphatic carbocycles. The highest BCUT2D eigenvalue weighted by Gasteiger charge is 2.27. The molecule has 0 radical (unpaired) electrons. The molecule has 1 aromatic carbocycles. The van der Waals surface area contributed by atoms with Crippen LogP contribution in [0.5, 0.6) is 5.75 Å². The molecule has 1 amide bonds. The van der Waals surface area contributed by atoms with Gasteiger partial charge in [0.25, 0.3) is 5.91 Å². The van der Waals surface area contributed by atoms with E-state index in [0.717, 1.165) is 22.6 Å². The van der Waals surface area contributed by atoms with Gasteiger partial charge in [0.1, 0.15) is 17.1 Å². The standard InChI is InChI=1S/C19H17N5O2/c1-11(2)24-15-9-13(7-8-16(15)26-10-17(24)25)18-19(22-23-21-18)14-6-4-5-12(3)20-14/h4-9H,1,10H2,2-3H3,(H,21,22,23). The van der Waals surface area contributed by atoms with Crippen LogP contribution in [-0.4, -0.2) is 32.9 Å². The van der Waals surface area contributed by atoms with Gasteiger partial charge in [0.2, 0.25) is 0 Å². The first-order chi connectivity index (χ1) is 12.5. The fourth-order valence-electron chi connectivity index (χ4n) is 3.01. The molecular weight excluding hydrogens is 330 g/mol. The Morgan fingerprint density at radius 1 is 1.31 bits per heavy atom. The van der Waals surface area contributed by atoms with Crippen LogP contribution in [0.1, 0.15) is 12.6 Å². The SMILES string of the molecule is C=C(C)N1C(=O)COc2ccc(-c3nn[nH]c3-c3cccc(C)n3)cc21. The van der Waals surface area contributed by atoms with E-state index in [1.807, 2.05) is 43.3 Å². The number of hydrogen-bond acceptors (Lipinski definition) is 5. The Hall–Kier alpha value is -3.48. The Morgan fingerprint density at radius 3 is 2.92 bits per heavy atom. The highest BCUT2D eigenvalue weighted by Crippen LogP contribution is 2.38. The Kier molecular flexibility index (Phi) is 3.76. The zero-order chi connectivity index (χ0) is 18.3. The van der Waals surface area contributed by atoms with Crippen LogP contribution in [-0.2, 0) is 4.79 Å². The van der Waals surface area contributed by atoms with Gasteiger partial charge in [-0.15, -0.1) is 5.10 Å². The second-order valence-electron chi connectivity index (χ2n) is 6.14. The van der Waals surface area contributed by atoms with Crippen LogP contribution < -0.4 is 9.64 Å². The van der Waals surface area contributed by atoms with E-state index < -0.39 is 0 Å². The number of pyridine rings is 1. The summed E-state index contributed by atoms with van der Waals surface area (Å²) in [6.45, 7) is 7.62. The van der Waals surface area contributed by atoms with Gasteiger partial charge in [-0.1, -0.05) is 17.9 Å². The molecule has 3 aromatic rings. The molecule has 7 nitrogen and oxygen atoms in total. The number of benzene rings is 1. The third kappa shape index (κ3) is 2.63. The molecule has 130 valence electrons. The number of nitrogens with zero attached hydrogens (tertiary/aromatic N) is 4. The van der Waals surface area contributed by atoms with Crippen LogP contribution in [0.25, 0.3) is 22.6 Å². The normalized spacial score (nSPS) is 13.3. The second-order valence-corrected chi connectivity index (χ2v) is 6.14. The minimum absolute atomic E-state index is 0.00162. The van der Waals surface area contributed by atoms with Gasteiger partial charge in [-0.25, -0.2) is 0 Å². The van der Waals surface area contributed by atoms with Crippen molar-refractivity contribution in [2.45, 2.75) is 13.8 Å². The molecule has 0 atom stereocenters. The number of carbonyl (C=O) groups excluding carboxylic acids is 1. The molecule has 4 rings (SSSR count). The van der Waals surface area contributed by atoms with Crippen molar-refractivity contribution < 1.29 is 9.53 Å². The van der Waals surface area contributed by atoms with Crippen LogP contribution in [0.4, 0.5) is 5.69 Å². The Balaban J connectivity index is 1.83. The van der Waals surface area contributed by atoms with E-state index in [1.165, 1.54) is 0 Å². The van der Waals surface area contributed by atoms with Crippen LogP contribution in [0, 0.1) is 6.92 Å². The zero-order valence-corrected chi connectivity index (χ0v) is 14.5. The second kappa shape index (κ2) is 6.11. The Morgan fingerprint density at radius 2 is 2.15 bits per heavy atom.